The molecule has 2 atom stereocenters. The summed E-state index contributed by atoms with van der Waals surface area (Å²) in [5.41, 5.74) is -0.919. The second-order valence-electron chi connectivity index (χ2n) is 10.8. The van der Waals surface area contributed by atoms with Crippen LogP contribution in [-0.4, -0.2) is 50.3 Å². The maximum Gasteiger partial charge on any atom is 0.240 e. The normalized spacial score (nSPS) is 14.4. The first kappa shape index (κ1) is 33.9. The highest BCUT2D eigenvalue weighted by atomic mass is 32.2. The van der Waals surface area contributed by atoms with Crippen molar-refractivity contribution in [1.82, 2.24) is 9.44 Å². The lowest BCUT2D eigenvalue weighted by Gasteiger charge is -2.35. The predicted octanol–water partition coefficient (Wildman–Crippen LogP) is 4.57. The van der Waals surface area contributed by atoms with Crippen LogP contribution < -0.4 is 9.44 Å². The molecular formula is C32H44N2O6S2. The number of nitrogens with one attached hydrogen (secondary N) is 2. The van der Waals surface area contributed by atoms with Crippen LogP contribution in [0.5, 0.6) is 0 Å². The van der Waals surface area contributed by atoms with Crippen LogP contribution in [-0.2, 0) is 32.9 Å². The number of aliphatic hydroxyl groups is 2. The van der Waals surface area contributed by atoms with E-state index in [1.807, 2.05) is 60.7 Å². The molecule has 0 saturated heterocycles. The van der Waals surface area contributed by atoms with Crippen molar-refractivity contribution in [2.24, 2.45) is 0 Å². The summed E-state index contributed by atoms with van der Waals surface area (Å²) in [7, 11) is -8.46. The fourth-order valence-electron chi connectivity index (χ4n) is 5.19. The number of sulfonamides is 2. The number of hydrogen-bond donors (Lipinski definition) is 4. The monoisotopic (exact) mass is 616 g/mol. The highest BCUT2D eigenvalue weighted by Crippen LogP contribution is 2.27. The van der Waals surface area contributed by atoms with Crippen molar-refractivity contribution in [2.75, 3.05) is 0 Å². The molecule has 0 heterocycles. The summed E-state index contributed by atoms with van der Waals surface area (Å²) in [5.74, 6) is 0. The van der Waals surface area contributed by atoms with Crippen molar-refractivity contribution < 1.29 is 27.0 Å². The third-order valence-corrected chi connectivity index (χ3v) is 11.3. The molecule has 3 rings (SSSR count). The van der Waals surface area contributed by atoms with E-state index in [0.29, 0.717) is 25.7 Å². The van der Waals surface area contributed by atoms with Crippen LogP contribution in [0.15, 0.2) is 94.7 Å². The number of hydrogen-bond acceptors (Lipinski definition) is 6. The van der Waals surface area contributed by atoms with Crippen molar-refractivity contribution in [2.45, 2.75) is 99.3 Å². The summed E-state index contributed by atoms with van der Waals surface area (Å²) in [5, 5.41) is 22.7. The molecule has 0 spiro atoms. The summed E-state index contributed by atoms with van der Waals surface area (Å²) in [6, 6.07) is 22.0. The maximum atomic E-state index is 13.6. The minimum atomic E-state index is -4.23. The van der Waals surface area contributed by atoms with E-state index in [4.69, 9.17) is 0 Å². The molecule has 10 heteroatoms. The topological polar surface area (TPSA) is 133 Å². The van der Waals surface area contributed by atoms with E-state index in [-0.39, 0.29) is 22.6 Å². The molecule has 0 fully saturated rings. The summed E-state index contributed by atoms with van der Waals surface area (Å²) >= 11 is 0. The third kappa shape index (κ3) is 8.27. The van der Waals surface area contributed by atoms with Gasteiger partial charge in [0.1, 0.15) is 0 Å². The third-order valence-electron chi connectivity index (χ3n) is 8.33. The SMILES string of the molecule is CCC(O)(CC)[C@H](Cc1ccccc1)NS(=O)(=O)c1cccc(S(=O)(=O)N[C@@H](Cc2ccccc2)C(O)(CC)CC)c1. The summed E-state index contributed by atoms with van der Waals surface area (Å²) in [6.45, 7) is 7.20. The van der Waals surface area contributed by atoms with Crippen molar-refractivity contribution in [3.8, 4) is 0 Å². The molecule has 0 aromatic heterocycles. The first-order valence-corrected chi connectivity index (χ1v) is 17.5. The Bertz CT molecular complexity index is 1380. The van der Waals surface area contributed by atoms with Crippen LogP contribution in [0.4, 0.5) is 0 Å². The molecule has 0 bridgehead atoms. The van der Waals surface area contributed by atoms with Gasteiger partial charge in [-0.15, -0.1) is 0 Å². The van der Waals surface area contributed by atoms with Gasteiger partial charge in [-0.3, -0.25) is 0 Å². The van der Waals surface area contributed by atoms with Gasteiger partial charge in [-0.25, -0.2) is 26.3 Å². The standard InChI is InChI=1S/C32H44N2O6S2/c1-5-31(35,6-2)29(22-25-16-11-9-12-17-25)33-41(37,38)27-20-15-21-28(24-27)42(39,40)34-30(32(36,7-3)8-4)23-26-18-13-10-14-19-26/h9-21,24,29-30,33-36H,5-8,22-23H2,1-4H3/t29-,30-/m0/s1. The van der Waals surface area contributed by atoms with Gasteiger partial charge >= 0.3 is 0 Å². The van der Waals surface area contributed by atoms with Crippen LogP contribution in [0.1, 0.15) is 64.5 Å². The minimum absolute atomic E-state index is 0.237. The van der Waals surface area contributed by atoms with Gasteiger partial charge < -0.3 is 10.2 Å². The van der Waals surface area contributed by atoms with Crippen molar-refractivity contribution in [3.63, 3.8) is 0 Å². The second kappa shape index (κ2) is 14.2. The zero-order valence-electron chi connectivity index (χ0n) is 24.8. The summed E-state index contributed by atoms with van der Waals surface area (Å²) in [6.07, 6.45) is 1.80. The zero-order chi connectivity index (χ0) is 31.0. The molecule has 0 aliphatic heterocycles. The van der Waals surface area contributed by atoms with Gasteiger partial charge in [-0.1, -0.05) is 94.4 Å². The van der Waals surface area contributed by atoms with Crippen LogP contribution >= 0.6 is 0 Å². The minimum Gasteiger partial charge on any atom is -0.388 e. The van der Waals surface area contributed by atoms with E-state index in [2.05, 4.69) is 9.44 Å². The first-order chi connectivity index (χ1) is 19.8. The van der Waals surface area contributed by atoms with Gasteiger partial charge in [-0.05, 0) is 67.9 Å². The molecule has 230 valence electrons. The van der Waals surface area contributed by atoms with Gasteiger partial charge in [0.05, 0.1) is 33.1 Å². The van der Waals surface area contributed by atoms with Gasteiger partial charge in [0.2, 0.25) is 20.0 Å². The first-order valence-electron chi connectivity index (χ1n) is 14.5. The molecule has 0 aliphatic carbocycles. The van der Waals surface area contributed by atoms with Crippen LogP contribution in [0.25, 0.3) is 0 Å². The molecule has 0 radical (unpaired) electrons. The van der Waals surface area contributed by atoms with Crippen molar-refractivity contribution >= 4 is 20.0 Å². The van der Waals surface area contributed by atoms with Crippen molar-refractivity contribution in [3.05, 3.63) is 96.1 Å². The Balaban J connectivity index is 1.94. The molecular weight excluding hydrogens is 572 g/mol. The quantitative estimate of drug-likeness (QED) is 0.186. The Morgan fingerprint density at radius 2 is 0.905 bits per heavy atom. The second-order valence-corrected chi connectivity index (χ2v) is 14.3. The fraction of sp³-hybridized carbons (Fsp3) is 0.438. The van der Waals surface area contributed by atoms with Crippen LogP contribution in [0, 0.1) is 0 Å². The molecule has 0 unspecified atom stereocenters. The van der Waals surface area contributed by atoms with Gasteiger partial charge in [-0.2, -0.15) is 0 Å². The van der Waals surface area contributed by atoms with E-state index in [1.165, 1.54) is 18.2 Å². The highest BCUT2D eigenvalue weighted by Gasteiger charge is 2.38. The Kier molecular flexibility index (Phi) is 11.5. The summed E-state index contributed by atoms with van der Waals surface area (Å²) < 4.78 is 59.8. The van der Waals surface area contributed by atoms with Crippen LogP contribution in [0.3, 0.4) is 0 Å². The largest absolute Gasteiger partial charge is 0.388 e. The molecule has 0 aliphatic rings. The zero-order valence-corrected chi connectivity index (χ0v) is 26.5. The Morgan fingerprint density at radius 3 is 1.21 bits per heavy atom. The molecule has 8 nitrogen and oxygen atoms in total. The van der Waals surface area contributed by atoms with E-state index < -0.39 is 43.3 Å². The average molecular weight is 617 g/mol. The molecule has 3 aromatic carbocycles. The van der Waals surface area contributed by atoms with E-state index >= 15 is 0 Å². The average Bonchev–Trinajstić information content (AvgIpc) is 3.00. The lowest BCUT2D eigenvalue weighted by Crippen LogP contribution is -2.53. The molecule has 4 N–H and O–H groups in total. The highest BCUT2D eigenvalue weighted by molar-refractivity contribution is 7.90. The molecule has 42 heavy (non-hydrogen) atoms. The Hall–Kier alpha value is -2.60. The maximum absolute atomic E-state index is 13.6. The van der Waals surface area contributed by atoms with Gasteiger partial charge in [0.25, 0.3) is 0 Å². The van der Waals surface area contributed by atoms with Gasteiger partial charge in [0.15, 0.2) is 0 Å². The molecule has 0 amide bonds. The van der Waals surface area contributed by atoms with E-state index in [0.717, 1.165) is 17.2 Å². The Morgan fingerprint density at radius 1 is 0.571 bits per heavy atom. The van der Waals surface area contributed by atoms with Gasteiger partial charge in [0, 0.05) is 0 Å². The smallest absolute Gasteiger partial charge is 0.240 e. The number of rotatable bonds is 16. The summed E-state index contributed by atoms with van der Waals surface area (Å²) in [4.78, 5) is -0.474. The van der Waals surface area contributed by atoms with E-state index in [9.17, 15) is 27.0 Å². The predicted molar refractivity (Wildman–Crippen MR) is 166 cm³/mol. The van der Waals surface area contributed by atoms with Crippen LogP contribution in [0.2, 0.25) is 0 Å². The lowest BCUT2D eigenvalue weighted by atomic mass is 9.85. The van der Waals surface area contributed by atoms with Crippen molar-refractivity contribution in [1.29, 1.82) is 0 Å². The fourth-order valence-corrected chi connectivity index (χ4v) is 7.97. The molecule has 3 aromatic rings. The van der Waals surface area contributed by atoms with E-state index in [1.54, 1.807) is 27.7 Å². The lowest BCUT2D eigenvalue weighted by molar-refractivity contribution is 0.00107. The molecule has 0 saturated carbocycles. The number of benzene rings is 3. The Labute approximate surface area is 251 Å².